The van der Waals surface area contributed by atoms with Crippen molar-refractivity contribution in [2.24, 2.45) is 5.92 Å². The van der Waals surface area contributed by atoms with Gasteiger partial charge in [-0.3, -0.25) is 9.69 Å². The van der Waals surface area contributed by atoms with Gasteiger partial charge in [-0.25, -0.2) is 0 Å². The first kappa shape index (κ1) is 27.4. The summed E-state index contributed by atoms with van der Waals surface area (Å²) in [4.78, 5) is 17.0. The van der Waals surface area contributed by atoms with Crippen LogP contribution in [-0.2, 0) is 12.4 Å². The zero-order valence-corrected chi connectivity index (χ0v) is 19.9. The Morgan fingerprint density at radius 3 is 2.03 bits per heavy atom. The fraction of sp³-hybridized carbons (Fsp3) is 0.640. The van der Waals surface area contributed by atoms with Gasteiger partial charge in [0, 0.05) is 37.4 Å². The molecule has 1 saturated carbocycles. The molecule has 10 heteroatoms. The van der Waals surface area contributed by atoms with Gasteiger partial charge in [0.25, 0.3) is 5.91 Å². The number of likely N-dealkylation sites (tertiary alicyclic amines) is 1. The van der Waals surface area contributed by atoms with E-state index >= 15 is 0 Å². The summed E-state index contributed by atoms with van der Waals surface area (Å²) >= 11 is 0. The highest BCUT2D eigenvalue weighted by Crippen LogP contribution is 2.36. The molecule has 1 aromatic rings. The molecule has 0 atom stereocenters. The highest BCUT2D eigenvalue weighted by Gasteiger charge is 2.37. The number of benzene rings is 1. The second-order valence-corrected chi connectivity index (χ2v) is 9.69. The summed E-state index contributed by atoms with van der Waals surface area (Å²) in [6.45, 7) is 6.80. The van der Waals surface area contributed by atoms with Crippen molar-refractivity contribution in [3.05, 3.63) is 47.2 Å². The zero-order valence-electron chi connectivity index (χ0n) is 19.9. The Hall–Kier alpha value is -2.23. The largest absolute Gasteiger partial charge is 0.416 e. The summed E-state index contributed by atoms with van der Waals surface area (Å²) < 4.78 is 78.3. The minimum Gasteiger partial charge on any atom is -0.374 e. The van der Waals surface area contributed by atoms with Gasteiger partial charge in [-0.1, -0.05) is 25.8 Å². The second-order valence-electron chi connectivity index (χ2n) is 9.69. The summed E-state index contributed by atoms with van der Waals surface area (Å²) in [6.07, 6.45) is -2.27. The van der Waals surface area contributed by atoms with Crippen LogP contribution < -0.4 is 5.32 Å². The van der Waals surface area contributed by atoms with E-state index in [4.69, 9.17) is 0 Å². The van der Waals surface area contributed by atoms with E-state index in [0.717, 1.165) is 38.2 Å². The molecule has 0 radical (unpaired) electrons. The Labute approximate surface area is 202 Å². The number of hydrogen-bond acceptors (Lipinski definition) is 3. The van der Waals surface area contributed by atoms with Gasteiger partial charge >= 0.3 is 12.4 Å². The summed E-state index contributed by atoms with van der Waals surface area (Å²) in [5, 5.41) is 2.52. The number of carbonyl (C=O) groups excluding carboxylic acids is 1. The molecular formula is C25H33F6N3O. The molecule has 0 bridgehead atoms. The zero-order chi connectivity index (χ0) is 25.8. The molecule has 2 aliphatic rings. The summed E-state index contributed by atoms with van der Waals surface area (Å²) in [5.74, 6) is -0.834. The first-order valence-corrected chi connectivity index (χ1v) is 12.0. The monoisotopic (exact) mass is 505 g/mol. The van der Waals surface area contributed by atoms with Gasteiger partial charge in [-0.15, -0.1) is 0 Å². The lowest BCUT2D eigenvalue weighted by Crippen LogP contribution is -2.42. The van der Waals surface area contributed by atoms with Crippen LogP contribution in [0.5, 0.6) is 0 Å². The second kappa shape index (κ2) is 11.2. The fourth-order valence-electron chi connectivity index (χ4n) is 4.87. The number of amides is 1. The molecule has 1 aliphatic carbocycles. The maximum absolute atomic E-state index is 13.0. The Bertz CT molecular complexity index is 852. The molecule has 0 aromatic heterocycles. The molecule has 1 aromatic carbocycles. The highest BCUT2D eigenvalue weighted by atomic mass is 19.4. The number of nitrogens with one attached hydrogen (secondary N) is 1. The van der Waals surface area contributed by atoms with Gasteiger partial charge in [0.05, 0.1) is 11.1 Å². The third-order valence-electron chi connectivity index (χ3n) is 7.14. The molecule has 35 heavy (non-hydrogen) atoms. The van der Waals surface area contributed by atoms with E-state index in [1.807, 2.05) is 0 Å². The molecule has 196 valence electrons. The number of piperidine rings is 1. The molecular weight excluding hydrogens is 472 g/mol. The van der Waals surface area contributed by atoms with Gasteiger partial charge in [0.2, 0.25) is 0 Å². The quantitative estimate of drug-likeness (QED) is 0.466. The number of alkyl halides is 6. The number of hydrogen-bond donors (Lipinski definition) is 1. The van der Waals surface area contributed by atoms with E-state index in [0.29, 0.717) is 18.2 Å². The Balaban J connectivity index is 1.50. The van der Waals surface area contributed by atoms with E-state index in [-0.39, 0.29) is 18.5 Å². The Morgan fingerprint density at radius 2 is 1.51 bits per heavy atom. The molecule has 3 rings (SSSR count). The smallest absolute Gasteiger partial charge is 0.374 e. The topological polar surface area (TPSA) is 35.6 Å². The Morgan fingerprint density at radius 1 is 0.971 bits per heavy atom. The average Bonchev–Trinajstić information content (AvgIpc) is 2.82. The highest BCUT2D eigenvalue weighted by molar-refractivity contribution is 5.94. The van der Waals surface area contributed by atoms with E-state index in [2.05, 4.69) is 28.7 Å². The van der Waals surface area contributed by atoms with Gasteiger partial charge < -0.3 is 10.2 Å². The lowest BCUT2D eigenvalue weighted by molar-refractivity contribution is -0.143. The first-order valence-electron chi connectivity index (χ1n) is 12.0. The number of likely N-dealkylation sites (N-methyl/N-ethyl adjacent to an activating group) is 1. The average molecular weight is 506 g/mol. The number of halogens is 6. The van der Waals surface area contributed by atoms with Crippen LogP contribution in [0.1, 0.15) is 66.4 Å². The fourth-order valence-corrected chi connectivity index (χ4v) is 4.87. The molecule has 2 fully saturated rings. The van der Waals surface area contributed by atoms with Crippen LogP contribution in [0.4, 0.5) is 26.3 Å². The standard InChI is InChI=1S/C25H33F6N3O/c1-17(33(2)22-6-4-3-5-7-22)16-34-10-8-18(9-11-34)15-32-23(35)19-12-20(24(26,27)28)14-21(13-19)25(29,30)31/h12-14,18,22H,1,3-11,15-16H2,2H3,(H,32,35). The van der Waals surface area contributed by atoms with Gasteiger partial charge in [-0.05, 0) is 62.9 Å². The predicted molar refractivity (Wildman–Crippen MR) is 122 cm³/mol. The van der Waals surface area contributed by atoms with Crippen molar-refractivity contribution >= 4 is 5.91 Å². The third-order valence-corrected chi connectivity index (χ3v) is 7.14. The van der Waals surface area contributed by atoms with Crippen LogP contribution in [0.3, 0.4) is 0 Å². The predicted octanol–water partition coefficient (Wildman–Crippen LogP) is 5.94. The number of rotatable bonds is 7. The molecule has 1 saturated heterocycles. The van der Waals surface area contributed by atoms with Crippen molar-refractivity contribution in [3.63, 3.8) is 0 Å². The van der Waals surface area contributed by atoms with Crippen LogP contribution in [0, 0.1) is 5.92 Å². The van der Waals surface area contributed by atoms with Gasteiger partial charge in [0.15, 0.2) is 0 Å². The summed E-state index contributed by atoms with van der Waals surface area (Å²) in [5.41, 5.74) is -2.56. The summed E-state index contributed by atoms with van der Waals surface area (Å²) in [6, 6.07) is 1.48. The van der Waals surface area contributed by atoms with Crippen molar-refractivity contribution in [2.75, 3.05) is 33.2 Å². The molecule has 0 spiro atoms. The molecule has 1 amide bonds. The van der Waals surface area contributed by atoms with Crippen LogP contribution in [0.15, 0.2) is 30.5 Å². The normalized spacial score (nSPS) is 18.9. The molecule has 1 aliphatic heterocycles. The van der Waals surface area contributed by atoms with E-state index in [9.17, 15) is 31.1 Å². The van der Waals surface area contributed by atoms with E-state index in [1.54, 1.807) is 0 Å². The van der Waals surface area contributed by atoms with Gasteiger partial charge in [-0.2, -0.15) is 26.3 Å². The molecule has 0 unspecified atom stereocenters. The maximum Gasteiger partial charge on any atom is 0.416 e. The third kappa shape index (κ3) is 7.62. The van der Waals surface area contributed by atoms with Crippen LogP contribution >= 0.6 is 0 Å². The van der Waals surface area contributed by atoms with Gasteiger partial charge in [0.1, 0.15) is 0 Å². The summed E-state index contributed by atoms with van der Waals surface area (Å²) in [7, 11) is 2.10. The number of carbonyl (C=O) groups is 1. The molecule has 4 nitrogen and oxygen atoms in total. The minimum absolute atomic E-state index is 0.0199. The van der Waals surface area contributed by atoms with Crippen molar-refractivity contribution in [2.45, 2.75) is 63.3 Å². The van der Waals surface area contributed by atoms with Crippen molar-refractivity contribution < 1.29 is 31.1 Å². The van der Waals surface area contributed by atoms with Crippen molar-refractivity contribution in [1.29, 1.82) is 0 Å². The molecule has 1 N–H and O–H groups in total. The number of nitrogens with zero attached hydrogens (tertiary/aromatic N) is 2. The van der Waals surface area contributed by atoms with E-state index < -0.39 is 35.0 Å². The maximum atomic E-state index is 13.0. The lowest BCUT2D eigenvalue weighted by atomic mass is 9.94. The van der Waals surface area contributed by atoms with Crippen molar-refractivity contribution in [1.82, 2.24) is 15.1 Å². The van der Waals surface area contributed by atoms with Crippen molar-refractivity contribution in [3.8, 4) is 0 Å². The van der Waals surface area contributed by atoms with Crippen LogP contribution in [0.25, 0.3) is 0 Å². The molecule has 1 heterocycles. The first-order chi connectivity index (χ1) is 16.3. The SMILES string of the molecule is C=C(CN1CCC(CNC(=O)c2cc(C(F)(F)F)cc(C(F)(F)F)c2)CC1)N(C)C1CCCCC1. The Kier molecular flexibility index (Phi) is 8.77. The minimum atomic E-state index is -4.99. The van der Waals surface area contributed by atoms with E-state index in [1.165, 1.54) is 32.1 Å². The lowest BCUT2D eigenvalue weighted by Gasteiger charge is -2.38. The van der Waals surface area contributed by atoms with Crippen LogP contribution in [0.2, 0.25) is 0 Å². The van der Waals surface area contributed by atoms with Crippen LogP contribution in [-0.4, -0.2) is 55.0 Å².